The number of piperidine rings is 1. The Kier molecular flexibility index (Phi) is 8.24. The van der Waals surface area contributed by atoms with Crippen LogP contribution in [0.15, 0.2) is 30.3 Å². The summed E-state index contributed by atoms with van der Waals surface area (Å²) in [4.78, 5) is 16.6. The fourth-order valence-electron chi connectivity index (χ4n) is 6.62. The summed E-state index contributed by atoms with van der Waals surface area (Å²) in [7, 11) is 0. The zero-order valence-electron chi connectivity index (χ0n) is 21.6. The van der Waals surface area contributed by atoms with Gasteiger partial charge in [-0.3, -0.25) is 9.80 Å². The van der Waals surface area contributed by atoms with Crippen LogP contribution >= 0.6 is 0 Å². The maximum atomic E-state index is 15.7. The van der Waals surface area contributed by atoms with Gasteiger partial charge in [0.1, 0.15) is 17.9 Å². The molecule has 2 aromatic carbocycles. The van der Waals surface area contributed by atoms with Gasteiger partial charge in [-0.1, -0.05) is 31.2 Å². The first-order chi connectivity index (χ1) is 17.6. The van der Waals surface area contributed by atoms with Crippen LogP contribution in [0.25, 0.3) is 0 Å². The molecule has 3 heterocycles. The second-order valence-corrected chi connectivity index (χ2v) is 11.4. The third-order valence-electron chi connectivity index (χ3n) is 8.48. The van der Waals surface area contributed by atoms with Crippen LogP contribution in [0.4, 0.5) is 23.2 Å². The van der Waals surface area contributed by atoms with Gasteiger partial charge in [-0.05, 0) is 67.8 Å². The molecule has 1 unspecified atom stereocenters. The molecule has 2 saturated heterocycles. The number of likely N-dealkylation sites (tertiary alicyclic amines) is 1. The topological polar surface area (TPSA) is 26.8 Å². The van der Waals surface area contributed by atoms with Crippen LogP contribution < -0.4 is 4.90 Å². The van der Waals surface area contributed by atoms with E-state index in [-0.39, 0.29) is 18.4 Å². The molecule has 2 aromatic rings. The van der Waals surface area contributed by atoms with Crippen LogP contribution in [0.5, 0.6) is 0 Å². The Morgan fingerprint density at radius 1 is 1.03 bits per heavy atom. The number of hydrogen-bond donors (Lipinski definition) is 0. The summed E-state index contributed by atoms with van der Waals surface area (Å²) in [6.45, 7) is 6.16. The van der Waals surface area contributed by atoms with Crippen molar-refractivity contribution in [2.75, 3.05) is 50.7 Å². The molecule has 1 spiro atoms. The predicted molar refractivity (Wildman–Crippen MR) is 143 cm³/mol. The van der Waals surface area contributed by atoms with Gasteiger partial charge < -0.3 is 9.69 Å². The van der Waals surface area contributed by atoms with Gasteiger partial charge in [0, 0.05) is 44.4 Å². The minimum atomic E-state index is -2.99. The molecular formula is C30H39F4N3O. The molecule has 1 atom stereocenters. The molecule has 5 rings (SSSR count). The van der Waals surface area contributed by atoms with E-state index in [1.165, 1.54) is 17.0 Å². The number of fused-ring (bicyclic) bond motifs is 1. The lowest BCUT2D eigenvalue weighted by Gasteiger charge is -2.41. The molecule has 0 aliphatic carbocycles. The Morgan fingerprint density at radius 2 is 1.68 bits per heavy atom. The van der Waals surface area contributed by atoms with E-state index >= 15 is 8.78 Å². The van der Waals surface area contributed by atoms with E-state index in [0.29, 0.717) is 43.9 Å². The number of benzene rings is 2. The second kappa shape index (κ2) is 11.0. The van der Waals surface area contributed by atoms with Crippen molar-refractivity contribution in [1.29, 1.82) is 0 Å². The Balaban J connectivity index is 0.00000336. The molecule has 0 amide bonds. The molecule has 0 radical (unpaired) electrons. The standard InChI is InChI=1S/C29H35F4N3O.CH4/c1-20-3-4-23-21(15-20)5-9-36(18-28(2,32)33)27(23)26-24(30)16-22(17-25(26)31)35-11-7-29(8-12-35)6-10-34(19-29)13-14-37;/h3-4,14-17,27H,5-13,18-19H2,1-2H3;1H4. The molecule has 0 N–H and O–H groups in total. The summed E-state index contributed by atoms with van der Waals surface area (Å²) in [6, 6.07) is 7.50. The first kappa shape index (κ1) is 28.6. The van der Waals surface area contributed by atoms with Crippen molar-refractivity contribution in [2.24, 2.45) is 5.41 Å². The first-order valence-corrected chi connectivity index (χ1v) is 13.2. The van der Waals surface area contributed by atoms with E-state index in [9.17, 15) is 13.6 Å². The van der Waals surface area contributed by atoms with Gasteiger partial charge in [0.2, 0.25) is 0 Å². The van der Waals surface area contributed by atoms with Crippen LogP contribution in [0, 0.1) is 24.0 Å². The summed E-state index contributed by atoms with van der Waals surface area (Å²) in [5.74, 6) is -4.38. The van der Waals surface area contributed by atoms with E-state index in [1.54, 1.807) is 0 Å². The number of hydrogen-bond acceptors (Lipinski definition) is 4. The molecule has 208 valence electrons. The number of nitrogens with zero attached hydrogens (tertiary/aromatic N) is 3. The highest BCUT2D eigenvalue weighted by Crippen LogP contribution is 2.43. The lowest BCUT2D eigenvalue weighted by Crippen LogP contribution is -2.43. The van der Waals surface area contributed by atoms with Crippen molar-refractivity contribution in [3.63, 3.8) is 0 Å². The Labute approximate surface area is 223 Å². The highest BCUT2D eigenvalue weighted by Gasteiger charge is 2.41. The average molecular weight is 534 g/mol. The second-order valence-electron chi connectivity index (χ2n) is 11.4. The van der Waals surface area contributed by atoms with E-state index in [4.69, 9.17) is 0 Å². The number of rotatable bonds is 6. The maximum Gasteiger partial charge on any atom is 0.257 e. The summed E-state index contributed by atoms with van der Waals surface area (Å²) in [6.07, 6.45) is 4.35. The number of carbonyl (C=O) groups is 1. The molecule has 8 heteroatoms. The van der Waals surface area contributed by atoms with Gasteiger partial charge in [0.05, 0.1) is 19.1 Å². The number of halogens is 4. The predicted octanol–water partition coefficient (Wildman–Crippen LogP) is 6.00. The van der Waals surface area contributed by atoms with Crippen LogP contribution in [-0.4, -0.2) is 67.8 Å². The molecule has 0 saturated carbocycles. The smallest absolute Gasteiger partial charge is 0.257 e. The summed E-state index contributed by atoms with van der Waals surface area (Å²) in [5, 5.41) is 0. The summed E-state index contributed by atoms with van der Waals surface area (Å²) >= 11 is 0. The van der Waals surface area contributed by atoms with Crippen molar-refractivity contribution in [3.8, 4) is 0 Å². The lowest BCUT2D eigenvalue weighted by molar-refractivity contribution is -0.108. The maximum absolute atomic E-state index is 15.7. The number of alkyl halides is 2. The van der Waals surface area contributed by atoms with E-state index < -0.39 is 30.1 Å². The fraction of sp³-hybridized carbons (Fsp3) is 0.567. The molecular weight excluding hydrogens is 494 g/mol. The minimum absolute atomic E-state index is 0. The van der Waals surface area contributed by atoms with Crippen molar-refractivity contribution < 1.29 is 22.4 Å². The Morgan fingerprint density at radius 3 is 2.32 bits per heavy atom. The van der Waals surface area contributed by atoms with E-state index in [2.05, 4.69) is 4.90 Å². The van der Waals surface area contributed by atoms with Crippen LogP contribution in [-0.2, 0) is 11.2 Å². The van der Waals surface area contributed by atoms with Gasteiger partial charge in [-0.15, -0.1) is 0 Å². The van der Waals surface area contributed by atoms with Crippen LogP contribution in [0.2, 0.25) is 0 Å². The lowest BCUT2D eigenvalue weighted by atomic mass is 9.77. The Hall–Kier alpha value is -2.45. The third-order valence-corrected chi connectivity index (χ3v) is 8.48. The molecule has 0 aromatic heterocycles. The normalized spacial score (nSPS) is 21.8. The quantitative estimate of drug-likeness (QED) is 0.336. The first-order valence-electron chi connectivity index (χ1n) is 13.2. The summed E-state index contributed by atoms with van der Waals surface area (Å²) in [5.41, 5.74) is 3.15. The number of anilines is 1. The fourth-order valence-corrected chi connectivity index (χ4v) is 6.62. The van der Waals surface area contributed by atoms with Crippen molar-refractivity contribution in [2.45, 2.75) is 58.9 Å². The van der Waals surface area contributed by atoms with Gasteiger partial charge in [0.15, 0.2) is 0 Å². The largest absolute Gasteiger partial charge is 0.371 e. The number of aldehydes is 1. The van der Waals surface area contributed by atoms with Crippen LogP contribution in [0.3, 0.4) is 0 Å². The third kappa shape index (κ3) is 5.76. The molecule has 0 bridgehead atoms. The number of carbonyl (C=O) groups excluding carboxylic acids is 1. The van der Waals surface area contributed by atoms with Gasteiger partial charge in [-0.25, -0.2) is 17.6 Å². The SMILES string of the molecule is C.Cc1ccc2c(c1)CCN(CC(C)(F)F)C2c1c(F)cc(N2CCC3(CCN(CC=O)C3)CC2)cc1F. The molecule has 2 fully saturated rings. The summed E-state index contributed by atoms with van der Waals surface area (Å²) < 4.78 is 59.6. The average Bonchev–Trinajstić information content (AvgIpc) is 3.21. The molecule has 3 aliphatic rings. The molecule has 38 heavy (non-hydrogen) atoms. The number of aryl methyl sites for hydroxylation is 1. The van der Waals surface area contributed by atoms with Crippen LogP contribution in [0.1, 0.15) is 61.9 Å². The molecule has 4 nitrogen and oxygen atoms in total. The van der Waals surface area contributed by atoms with E-state index in [1.807, 2.05) is 30.0 Å². The van der Waals surface area contributed by atoms with Gasteiger partial charge in [0.25, 0.3) is 5.92 Å². The Bertz CT molecular complexity index is 1130. The van der Waals surface area contributed by atoms with Crippen molar-refractivity contribution in [3.05, 3.63) is 64.2 Å². The van der Waals surface area contributed by atoms with Gasteiger partial charge >= 0.3 is 0 Å². The highest BCUT2D eigenvalue weighted by molar-refractivity contribution is 5.53. The zero-order chi connectivity index (χ0) is 26.4. The van der Waals surface area contributed by atoms with Crippen molar-refractivity contribution >= 4 is 12.0 Å². The van der Waals surface area contributed by atoms with E-state index in [0.717, 1.165) is 56.7 Å². The minimum Gasteiger partial charge on any atom is -0.371 e. The zero-order valence-corrected chi connectivity index (χ0v) is 21.6. The molecule has 3 aliphatic heterocycles. The van der Waals surface area contributed by atoms with Crippen molar-refractivity contribution in [1.82, 2.24) is 9.80 Å². The monoisotopic (exact) mass is 533 g/mol. The highest BCUT2D eigenvalue weighted by atomic mass is 19.3. The van der Waals surface area contributed by atoms with Gasteiger partial charge in [-0.2, -0.15) is 0 Å².